The molecule has 0 spiro atoms. The second kappa shape index (κ2) is 8.54. The van der Waals surface area contributed by atoms with Crippen LogP contribution in [0.25, 0.3) is 10.8 Å². The molecular formula is C22H23N3O2S. The number of amides is 2. The Morgan fingerprint density at radius 3 is 2.46 bits per heavy atom. The zero-order chi connectivity index (χ0) is 19.3. The van der Waals surface area contributed by atoms with Crippen LogP contribution >= 0.6 is 11.3 Å². The number of piperazine rings is 1. The summed E-state index contributed by atoms with van der Waals surface area (Å²) in [6, 6.07) is 17.6. The number of carbonyl (C=O) groups excluding carboxylic acids is 2. The van der Waals surface area contributed by atoms with Crippen molar-refractivity contribution in [3.8, 4) is 0 Å². The fraction of sp³-hybridized carbons (Fsp3) is 0.273. The van der Waals surface area contributed by atoms with Crippen molar-refractivity contribution in [2.45, 2.75) is 0 Å². The molecule has 1 fully saturated rings. The van der Waals surface area contributed by atoms with Gasteiger partial charge in [-0.1, -0.05) is 36.4 Å². The summed E-state index contributed by atoms with van der Waals surface area (Å²) in [7, 11) is 0. The Bertz CT molecular complexity index is 963. The van der Waals surface area contributed by atoms with Crippen LogP contribution in [0.3, 0.4) is 0 Å². The van der Waals surface area contributed by atoms with Gasteiger partial charge in [0.25, 0.3) is 11.8 Å². The molecule has 2 heterocycles. The molecule has 1 saturated heterocycles. The van der Waals surface area contributed by atoms with Crippen LogP contribution in [0.2, 0.25) is 0 Å². The molecule has 0 bridgehead atoms. The molecule has 3 aromatic rings. The van der Waals surface area contributed by atoms with Gasteiger partial charge in [-0.2, -0.15) is 0 Å². The SMILES string of the molecule is O=C(NCCN1CCN(C(=O)c2cccs2)CC1)c1ccc2ccccc2c1. The van der Waals surface area contributed by atoms with Crippen LogP contribution in [0.5, 0.6) is 0 Å². The Labute approximate surface area is 168 Å². The first-order chi connectivity index (χ1) is 13.7. The lowest BCUT2D eigenvalue weighted by atomic mass is 10.1. The molecule has 0 atom stereocenters. The van der Waals surface area contributed by atoms with Crippen molar-refractivity contribution in [3.05, 3.63) is 70.4 Å². The first kappa shape index (κ1) is 18.7. The molecule has 5 nitrogen and oxygen atoms in total. The van der Waals surface area contributed by atoms with E-state index in [1.54, 1.807) is 0 Å². The molecule has 144 valence electrons. The molecule has 2 aromatic carbocycles. The van der Waals surface area contributed by atoms with Crippen LogP contribution in [-0.4, -0.2) is 60.9 Å². The largest absolute Gasteiger partial charge is 0.351 e. The number of fused-ring (bicyclic) bond motifs is 1. The van der Waals surface area contributed by atoms with Gasteiger partial charge in [0, 0.05) is 44.8 Å². The Hall–Kier alpha value is -2.70. The molecule has 0 aliphatic carbocycles. The number of rotatable bonds is 5. The van der Waals surface area contributed by atoms with Gasteiger partial charge in [0.1, 0.15) is 0 Å². The lowest BCUT2D eigenvalue weighted by Crippen LogP contribution is -2.50. The number of nitrogens with one attached hydrogen (secondary N) is 1. The molecule has 0 saturated carbocycles. The quantitative estimate of drug-likeness (QED) is 0.725. The first-order valence-corrected chi connectivity index (χ1v) is 10.4. The smallest absolute Gasteiger partial charge is 0.264 e. The summed E-state index contributed by atoms with van der Waals surface area (Å²) >= 11 is 1.49. The fourth-order valence-corrected chi connectivity index (χ4v) is 4.18. The van der Waals surface area contributed by atoms with E-state index >= 15 is 0 Å². The lowest BCUT2D eigenvalue weighted by Gasteiger charge is -2.34. The average molecular weight is 394 g/mol. The Balaban J connectivity index is 1.23. The molecule has 0 radical (unpaired) electrons. The van der Waals surface area contributed by atoms with Crippen LogP contribution in [0.1, 0.15) is 20.0 Å². The van der Waals surface area contributed by atoms with Crippen molar-refractivity contribution in [1.82, 2.24) is 15.1 Å². The maximum absolute atomic E-state index is 12.4. The summed E-state index contributed by atoms with van der Waals surface area (Å²) < 4.78 is 0. The highest BCUT2D eigenvalue weighted by molar-refractivity contribution is 7.12. The van der Waals surface area contributed by atoms with Crippen LogP contribution in [-0.2, 0) is 0 Å². The third-order valence-electron chi connectivity index (χ3n) is 5.12. The van der Waals surface area contributed by atoms with Crippen LogP contribution in [0.4, 0.5) is 0 Å². The van der Waals surface area contributed by atoms with E-state index in [1.165, 1.54) is 11.3 Å². The maximum Gasteiger partial charge on any atom is 0.264 e. The Morgan fingerprint density at radius 1 is 0.929 bits per heavy atom. The standard InChI is InChI=1S/C22H23N3O2S/c26-21(19-8-7-17-4-1-2-5-18(17)16-19)23-9-10-24-11-13-25(14-12-24)22(27)20-6-3-15-28-20/h1-8,15-16H,9-14H2,(H,23,26). The maximum atomic E-state index is 12.4. The molecule has 1 aliphatic rings. The number of hydrogen-bond acceptors (Lipinski definition) is 4. The second-order valence-electron chi connectivity index (χ2n) is 6.93. The topological polar surface area (TPSA) is 52.7 Å². The zero-order valence-corrected chi connectivity index (χ0v) is 16.5. The van der Waals surface area contributed by atoms with E-state index in [1.807, 2.05) is 64.9 Å². The number of thiophene rings is 1. The third kappa shape index (κ3) is 4.24. The summed E-state index contributed by atoms with van der Waals surface area (Å²) in [6.45, 7) is 4.53. The lowest BCUT2D eigenvalue weighted by molar-refractivity contribution is 0.0643. The Kier molecular flexibility index (Phi) is 5.69. The van der Waals surface area contributed by atoms with Crippen molar-refractivity contribution in [1.29, 1.82) is 0 Å². The third-order valence-corrected chi connectivity index (χ3v) is 5.97. The van der Waals surface area contributed by atoms with Gasteiger partial charge in [-0.25, -0.2) is 0 Å². The summed E-state index contributed by atoms with van der Waals surface area (Å²) in [5.74, 6) is 0.0801. The molecule has 2 amide bonds. The molecule has 6 heteroatoms. The molecule has 1 N–H and O–H groups in total. The van der Waals surface area contributed by atoms with E-state index < -0.39 is 0 Å². The van der Waals surface area contributed by atoms with E-state index in [0.29, 0.717) is 12.1 Å². The highest BCUT2D eigenvalue weighted by Crippen LogP contribution is 2.16. The predicted molar refractivity (Wildman–Crippen MR) is 113 cm³/mol. The summed E-state index contributed by atoms with van der Waals surface area (Å²) in [5, 5.41) is 7.14. The van der Waals surface area contributed by atoms with Gasteiger partial charge in [-0.3, -0.25) is 14.5 Å². The van der Waals surface area contributed by atoms with Gasteiger partial charge in [0.15, 0.2) is 0 Å². The van der Waals surface area contributed by atoms with Crippen molar-refractivity contribution in [2.75, 3.05) is 39.3 Å². The highest BCUT2D eigenvalue weighted by Gasteiger charge is 2.22. The van der Waals surface area contributed by atoms with E-state index in [0.717, 1.165) is 48.4 Å². The Morgan fingerprint density at radius 2 is 1.71 bits per heavy atom. The molecular weight excluding hydrogens is 370 g/mol. The van der Waals surface area contributed by atoms with E-state index in [-0.39, 0.29) is 11.8 Å². The van der Waals surface area contributed by atoms with Crippen LogP contribution < -0.4 is 5.32 Å². The molecule has 1 aromatic heterocycles. The minimum absolute atomic E-state index is 0.0442. The highest BCUT2D eigenvalue weighted by atomic mass is 32.1. The van der Waals surface area contributed by atoms with Gasteiger partial charge >= 0.3 is 0 Å². The number of nitrogens with zero attached hydrogens (tertiary/aromatic N) is 2. The summed E-state index contributed by atoms with van der Waals surface area (Å²) in [5.41, 5.74) is 0.685. The molecule has 0 unspecified atom stereocenters. The number of carbonyl (C=O) groups is 2. The molecule has 28 heavy (non-hydrogen) atoms. The normalized spacial score (nSPS) is 14.9. The van der Waals surface area contributed by atoms with Crippen molar-refractivity contribution < 1.29 is 9.59 Å². The minimum atomic E-state index is -0.0442. The van der Waals surface area contributed by atoms with Gasteiger partial charge in [-0.15, -0.1) is 11.3 Å². The van der Waals surface area contributed by atoms with Crippen LogP contribution in [0, 0.1) is 0 Å². The second-order valence-corrected chi connectivity index (χ2v) is 7.88. The van der Waals surface area contributed by atoms with Crippen LogP contribution in [0.15, 0.2) is 60.0 Å². The minimum Gasteiger partial charge on any atom is -0.351 e. The molecule has 4 rings (SSSR count). The number of hydrogen-bond donors (Lipinski definition) is 1. The van der Waals surface area contributed by atoms with E-state index in [9.17, 15) is 9.59 Å². The van der Waals surface area contributed by atoms with Crippen molar-refractivity contribution >= 4 is 33.9 Å². The van der Waals surface area contributed by atoms with Gasteiger partial charge in [-0.05, 0) is 34.4 Å². The average Bonchev–Trinajstić information content (AvgIpc) is 3.28. The monoisotopic (exact) mass is 393 g/mol. The van der Waals surface area contributed by atoms with E-state index in [4.69, 9.17) is 0 Å². The van der Waals surface area contributed by atoms with E-state index in [2.05, 4.69) is 10.2 Å². The fourth-order valence-electron chi connectivity index (χ4n) is 3.49. The first-order valence-electron chi connectivity index (χ1n) is 9.53. The zero-order valence-electron chi connectivity index (χ0n) is 15.6. The van der Waals surface area contributed by atoms with Gasteiger partial charge in [0.05, 0.1) is 4.88 Å². The summed E-state index contributed by atoms with van der Waals surface area (Å²) in [4.78, 5) is 29.8. The van der Waals surface area contributed by atoms with Gasteiger partial charge in [0.2, 0.25) is 0 Å². The van der Waals surface area contributed by atoms with Gasteiger partial charge < -0.3 is 10.2 Å². The predicted octanol–water partition coefficient (Wildman–Crippen LogP) is 3.09. The number of benzene rings is 2. The summed E-state index contributed by atoms with van der Waals surface area (Å²) in [6.07, 6.45) is 0. The van der Waals surface area contributed by atoms with Crippen molar-refractivity contribution in [3.63, 3.8) is 0 Å². The van der Waals surface area contributed by atoms with Crippen molar-refractivity contribution in [2.24, 2.45) is 0 Å². The molecule has 1 aliphatic heterocycles.